The molecular weight excluding hydrogens is 312 g/mol. The van der Waals surface area contributed by atoms with Crippen molar-refractivity contribution >= 4 is 22.8 Å². The molecule has 1 N–H and O–H groups in total. The number of benzene rings is 1. The summed E-state index contributed by atoms with van der Waals surface area (Å²) in [6.45, 7) is 1.88. The maximum Gasteiger partial charge on any atom is 0.301 e. The molecule has 0 spiro atoms. The average Bonchev–Trinajstić information content (AvgIpc) is 2.58. The normalized spacial score (nSPS) is 16.0. The number of hydrazone groups is 1. The number of nitrogens with zero attached hydrogens (tertiary/aromatic N) is 3. The third-order valence-electron chi connectivity index (χ3n) is 4.40. The van der Waals surface area contributed by atoms with Gasteiger partial charge in [-0.05, 0) is 31.7 Å². The number of hydrogen-bond donors (Lipinski definition) is 1. The SMILES string of the molecule is C/C(CCC1CCCCC1)=N/Nc1ccc([N+](=O)[O-])cc1[N+](=O)[O-]. The number of nitro benzene ring substituents is 2. The van der Waals surface area contributed by atoms with E-state index < -0.39 is 9.85 Å². The van der Waals surface area contributed by atoms with Crippen LogP contribution in [0.5, 0.6) is 0 Å². The first-order chi connectivity index (χ1) is 11.5. The average molecular weight is 334 g/mol. The highest BCUT2D eigenvalue weighted by Crippen LogP contribution is 2.29. The monoisotopic (exact) mass is 334 g/mol. The number of rotatable bonds is 7. The van der Waals surface area contributed by atoms with Crippen molar-refractivity contribution in [2.75, 3.05) is 5.43 Å². The highest BCUT2D eigenvalue weighted by Gasteiger charge is 2.19. The Hall–Kier alpha value is -2.51. The maximum absolute atomic E-state index is 11.1. The van der Waals surface area contributed by atoms with Crippen LogP contribution in [0.2, 0.25) is 0 Å². The summed E-state index contributed by atoms with van der Waals surface area (Å²) in [5.74, 6) is 0.748. The van der Waals surface area contributed by atoms with E-state index in [9.17, 15) is 20.2 Å². The van der Waals surface area contributed by atoms with Gasteiger partial charge in [0.25, 0.3) is 5.69 Å². The fraction of sp³-hybridized carbons (Fsp3) is 0.562. The van der Waals surface area contributed by atoms with Crippen LogP contribution in [0.25, 0.3) is 0 Å². The van der Waals surface area contributed by atoms with Gasteiger partial charge in [-0.25, -0.2) is 0 Å². The molecule has 130 valence electrons. The summed E-state index contributed by atoms with van der Waals surface area (Å²) in [6, 6.07) is 3.48. The first-order valence-electron chi connectivity index (χ1n) is 8.19. The van der Waals surface area contributed by atoms with Gasteiger partial charge in [0.1, 0.15) is 5.69 Å². The molecule has 1 saturated carbocycles. The van der Waals surface area contributed by atoms with Crippen LogP contribution in [0, 0.1) is 26.1 Å². The Labute approximate surface area is 140 Å². The minimum absolute atomic E-state index is 0.155. The summed E-state index contributed by atoms with van der Waals surface area (Å²) < 4.78 is 0. The molecule has 1 aromatic rings. The van der Waals surface area contributed by atoms with Gasteiger partial charge in [-0.15, -0.1) is 0 Å². The van der Waals surface area contributed by atoms with Crippen LogP contribution in [0.1, 0.15) is 51.9 Å². The van der Waals surface area contributed by atoms with Crippen molar-refractivity contribution in [3.63, 3.8) is 0 Å². The Kier molecular flexibility index (Phi) is 6.22. The van der Waals surface area contributed by atoms with Crippen molar-refractivity contribution in [3.05, 3.63) is 38.4 Å². The molecule has 1 fully saturated rings. The second-order valence-corrected chi connectivity index (χ2v) is 6.22. The maximum atomic E-state index is 11.1. The van der Waals surface area contributed by atoms with Gasteiger partial charge in [0.05, 0.1) is 15.9 Å². The van der Waals surface area contributed by atoms with Gasteiger partial charge in [-0.2, -0.15) is 5.10 Å². The van der Waals surface area contributed by atoms with E-state index >= 15 is 0 Å². The summed E-state index contributed by atoms with van der Waals surface area (Å²) in [6.07, 6.45) is 8.40. The van der Waals surface area contributed by atoms with Crippen molar-refractivity contribution in [1.82, 2.24) is 0 Å². The lowest BCUT2D eigenvalue weighted by molar-refractivity contribution is -0.393. The molecule has 0 saturated heterocycles. The van der Waals surface area contributed by atoms with Crippen LogP contribution in [0.3, 0.4) is 0 Å². The van der Waals surface area contributed by atoms with Gasteiger partial charge >= 0.3 is 5.69 Å². The first kappa shape index (κ1) is 17.8. The van der Waals surface area contributed by atoms with E-state index in [-0.39, 0.29) is 17.1 Å². The molecule has 8 nitrogen and oxygen atoms in total. The predicted octanol–water partition coefficient (Wildman–Crippen LogP) is 4.65. The van der Waals surface area contributed by atoms with Crippen LogP contribution in [-0.4, -0.2) is 15.6 Å². The zero-order valence-electron chi connectivity index (χ0n) is 13.7. The minimum atomic E-state index is -0.657. The number of anilines is 1. The van der Waals surface area contributed by atoms with Crippen molar-refractivity contribution in [1.29, 1.82) is 0 Å². The molecule has 0 aromatic heterocycles. The molecule has 8 heteroatoms. The van der Waals surface area contributed by atoms with Gasteiger partial charge in [0.2, 0.25) is 0 Å². The van der Waals surface area contributed by atoms with Gasteiger partial charge < -0.3 is 0 Å². The van der Waals surface area contributed by atoms with Crippen molar-refractivity contribution in [2.24, 2.45) is 11.0 Å². The Morgan fingerprint density at radius 1 is 1.21 bits per heavy atom. The predicted molar refractivity (Wildman–Crippen MR) is 92.3 cm³/mol. The highest BCUT2D eigenvalue weighted by atomic mass is 16.6. The van der Waals surface area contributed by atoms with Gasteiger partial charge in [-0.3, -0.25) is 25.7 Å². The first-order valence-corrected chi connectivity index (χ1v) is 8.19. The Morgan fingerprint density at radius 3 is 2.54 bits per heavy atom. The van der Waals surface area contributed by atoms with Gasteiger partial charge in [0, 0.05) is 11.8 Å². The van der Waals surface area contributed by atoms with E-state index in [0.29, 0.717) is 0 Å². The fourth-order valence-corrected chi connectivity index (χ4v) is 2.98. The molecule has 1 aliphatic rings. The summed E-state index contributed by atoms with van der Waals surface area (Å²) in [5.41, 5.74) is 3.03. The van der Waals surface area contributed by atoms with E-state index in [0.717, 1.165) is 30.5 Å². The lowest BCUT2D eigenvalue weighted by atomic mass is 9.86. The standard InChI is InChI=1S/C16H22N4O4/c1-12(7-8-13-5-3-2-4-6-13)17-18-15-10-9-14(19(21)22)11-16(15)20(23)24/h9-11,13,18H,2-8H2,1H3/b17-12-. The second kappa shape index (κ2) is 8.37. The summed E-state index contributed by atoms with van der Waals surface area (Å²) in [4.78, 5) is 20.5. The second-order valence-electron chi connectivity index (χ2n) is 6.22. The molecule has 1 aliphatic carbocycles. The van der Waals surface area contributed by atoms with Crippen LogP contribution >= 0.6 is 0 Å². The molecule has 0 amide bonds. The van der Waals surface area contributed by atoms with E-state index in [4.69, 9.17) is 0 Å². The quantitative estimate of drug-likeness (QED) is 0.443. The molecule has 1 aromatic carbocycles. The Morgan fingerprint density at radius 2 is 1.92 bits per heavy atom. The third-order valence-corrected chi connectivity index (χ3v) is 4.40. The van der Waals surface area contributed by atoms with Crippen LogP contribution < -0.4 is 5.43 Å². The number of nitrogens with one attached hydrogen (secondary N) is 1. The summed E-state index contributed by atoms with van der Waals surface area (Å²) in [7, 11) is 0. The van der Waals surface area contributed by atoms with E-state index in [1.54, 1.807) is 0 Å². The highest BCUT2D eigenvalue weighted by molar-refractivity contribution is 5.83. The third kappa shape index (κ3) is 5.00. The number of nitro groups is 2. The topological polar surface area (TPSA) is 111 Å². The number of non-ortho nitro benzene ring substituents is 1. The Bertz CT molecular complexity index is 639. The van der Waals surface area contributed by atoms with Crippen molar-refractivity contribution < 1.29 is 9.85 Å². The zero-order valence-corrected chi connectivity index (χ0v) is 13.7. The molecule has 24 heavy (non-hydrogen) atoms. The van der Waals surface area contributed by atoms with Crippen LogP contribution in [-0.2, 0) is 0 Å². The summed E-state index contributed by atoms with van der Waals surface area (Å²) >= 11 is 0. The molecule has 2 rings (SSSR count). The molecule has 0 aliphatic heterocycles. The molecule has 0 radical (unpaired) electrons. The smallest absolute Gasteiger partial charge is 0.272 e. The number of hydrogen-bond acceptors (Lipinski definition) is 6. The Balaban J connectivity index is 1.98. The van der Waals surface area contributed by atoms with Crippen LogP contribution in [0.4, 0.5) is 17.1 Å². The summed E-state index contributed by atoms with van der Waals surface area (Å²) in [5, 5.41) is 26.0. The molecule has 0 unspecified atom stereocenters. The van der Waals surface area contributed by atoms with Crippen molar-refractivity contribution in [3.8, 4) is 0 Å². The molecular formula is C16H22N4O4. The minimum Gasteiger partial charge on any atom is -0.272 e. The van der Waals surface area contributed by atoms with Crippen LogP contribution in [0.15, 0.2) is 23.3 Å². The lowest BCUT2D eigenvalue weighted by Gasteiger charge is -2.21. The van der Waals surface area contributed by atoms with Gasteiger partial charge in [-0.1, -0.05) is 32.1 Å². The largest absolute Gasteiger partial charge is 0.301 e. The van der Waals surface area contributed by atoms with Crippen molar-refractivity contribution in [2.45, 2.75) is 51.9 Å². The fourth-order valence-electron chi connectivity index (χ4n) is 2.98. The van der Waals surface area contributed by atoms with Gasteiger partial charge in [0.15, 0.2) is 0 Å². The molecule has 0 heterocycles. The van der Waals surface area contributed by atoms with E-state index in [1.165, 1.54) is 44.2 Å². The molecule has 0 atom stereocenters. The molecule has 0 bridgehead atoms. The zero-order chi connectivity index (χ0) is 17.5. The van der Waals surface area contributed by atoms with E-state index in [1.807, 2.05) is 6.92 Å². The van der Waals surface area contributed by atoms with E-state index in [2.05, 4.69) is 10.5 Å². The lowest BCUT2D eigenvalue weighted by Crippen LogP contribution is -2.08.